The van der Waals surface area contributed by atoms with Crippen molar-refractivity contribution in [1.82, 2.24) is 4.57 Å². The van der Waals surface area contributed by atoms with Gasteiger partial charge in [0.1, 0.15) is 5.75 Å². The van der Waals surface area contributed by atoms with Crippen molar-refractivity contribution in [2.75, 3.05) is 6.61 Å². The van der Waals surface area contributed by atoms with Crippen LogP contribution in [0.15, 0.2) is 95.3 Å². The normalized spacial score (nSPS) is 11.6. The molecule has 0 saturated carbocycles. The highest BCUT2D eigenvalue weighted by Gasteiger charge is 2.08. The van der Waals surface area contributed by atoms with Crippen LogP contribution >= 0.6 is 11.3 Å². The first-order chi connectivity index (χ1) is 14.3. The van der Waals surface area contributed by atoms with Gasteiger partial charge in [-0.3, -0.25) is 0 Å². The van der Waals surface area contributed by atoms with Crippen molar-refractivity contribution in [3.05, 3.63) is 101 Å². The van der Waals surface area contributed by atoms with Gasteiger partial charge in [-0.2, -0.15) is 0 Å². The van der Waals surface area contributed by atoms with Crippen LogP contribution in [0.3, 0.4) is 0 Å². The number of nitrogens with zero attached hydrogens (tertiary/aromatic N) is 2. The van der Waals surface area contributed by atoms with E-state index in [4.69, 9.17) is 9.73 Å². The molecule has 0 atom stereocenters. The zero-order valence-electron chi connectivity index (χ0n) is 16.5. The monoisotopic (exact) mass is 400 g/mol. The minimum absolute atomic E-state index is 0.668. The molecular formula is C25H24N2OS. The lowest BCUT2D eigenvalue weighted by molar-refractivity contribution is 0.340. The van der Waals surface area contributed by atoms with Gasteiger partial charge in [-0.15, -0.1) is 11.3 Å². The molecular weight excluding hydrogens is 376 g/mol. The van der Waals surface area contributed by atoms with E-state index in [-0.39, 0.29) is 0 Å². The highest BCUT2D eigenvalue weighted by atomic mass is 32.1. The summed E-state index contributed by atoms with van der Waals surface area (Å²) in [5.41, 5.74) is 4.68. The summed E-state index contributed by atoms with van der Waals surface area (Å²) in [6, 6.07) is 29.1. The van der Waals surface area contributed by atoms with Crippen LogP contribution in [0.2, 0.25) is 0 Å². The van der Waals surface area contributed by atoms with Gasteiger partial charge in [0.25, 0.3) is 0 Å². The van der Waals surface area contributed by atoms with Gasteiger partial charge in [-0.05, 0) is 48.7 Å². The molecule has 0 bridgehead atoms. The van der Waals surface area contributed by atoms with Crippen molar-refractivity contribution >= 4 is 17.0 Å². The first-order valence-corrected chi connectivity index (χ1v) is 10.8. The van der Waals surface area contributed by atoms with Crippen LogP contribution < -0.4 is 9.54 Å². The Kier molecular flexibility index (Phi) is 6.22. The molecule has 0 aliphatic rings. The third-order valence-corrected chi connectivity index (χ3v) is 5.57. The second-order valence-corrected chi connectivity index (χ2v) is 7.53. The number of rotatable bonds is 7. The number of ether oxygens (including phenoxy) is 1. The highest BCUT2D eigenvalue weighted by molar-refractivity contribution is 7.07. The maximum absolute atomic E-state index is 5.54. The van der Waals surface area contributed by atoms with Crippen molar-refractivity contribution in [2.45, 2.75) is 19.9 Å². The Bertz CT molecular complexity index is 1100. The molecule has 0 unspecified atom stereocenters. The summed E-state index contributed by atoms with van der Waals surface area (Å²) >= 11 is 1.68. The van der Waals surface area contributed by atoms with Crippen molar-refractivity contribution in [3.8, 4) is 17.0 Å². The van der Waals surface area contributed by atoms with Gasteiger partial charge in [0.05, 0.1) is 18.0 Å². The summed E-state index contributed by atoms with van der Waals surface area (Å²) < 4.78 is 7.86. The minimum Gasteiger partial charge on any atom is -0.494 e. The van der Waals surface area contributed by atoms with E-state index in [9.17, 15) is 0 Å². The fourth-order valence-electron chi connectivity index (χ4n) is 3.25. The number of hydrogen-bond donors (Lipinski definition) is 0. The van der Waals surface area contributed by atoms with E-state index in [1.165, 1.54) is 16.8 Å². The standard InChI is InChI=1S/C25H24N2OS/c1-2-28-23-15-13-22(14-16-23)26-25-27(18-17-20-9-5-3-6-10-20)24(19-29-25)21-11-7-4-8-12-21/h3-16,19H,2,17-18H2,1H3. The largest absolute Gasteiger partial charge is 0.494 e. The highest BCUT2D eigenvalue weighted by Crippen LogP contribution is 2.22. The van der Waals surface area contributed by atoms with Crippen LogP contribution in [0.1, 0.15) is 12.5 Å². The van der Waals surface area contributed by atoms with Crippen molar-refractivity contribution < 1.29 is 4.74 Å². The topological polar surface area (TPSA) is 26.5 Å². The number of hydrogen-bond acceptors (Lipinski definition) is 3. The molecule has 0 aliphatic heterocycles. The molecule has 3 nitrogen and oxygen atoms in total. The molecule has 4 heteroatoms. The molecule has 0 fully saturated rings. The van der Waals surface area contributed by atoms with Crippen LogP contribution in [0.25, 0.3) is 11.3 Å². The zero-order valence-corrected chi connectivity index (χ0v) is 17.3. The number of aromatic nitrogens is 1. The molecule has 1 aromatic heterocycles. The quantitative estimate of drug-likeness (QED) is 0.369. The molecule has 0 radical (unpaired) electrons. The molecule has 4 aromatic rings. The second kappa shape index (κ2) is 9.39. The predicted molar refractivity (Wildman–Crippen MR) is 121 cm³/mol. The Morgan fingerprint density at radius 1 is 0.862 bits per heavy atom. The van der Waals surface area contributed by atoms with E-state index < -0.39 is 0 Å². The van der Waals surface area contributed by atoms with Crippen molar-refractivity contribution in [2.24, 2.45) is 4.99 Å². The molecule has 146 valence electrons. The number of benzene rings is 3. The van der Waals surface area contributed by atoms with Gasteiger partial charge < -0.3 is 9.30 Å². The van der Waals surface area contributed by atoms with E-state index in [2.05, 4.69) is 70.6 Å². The van der Waals surface area contributed by atoms with Gasteiger partial charge >= 0.3 is 0 Å². The Labute approximate surface area is 175 Å². The number of thiazole rings is 1. The van der Waals surface area contributed by atoms with Gasteiger partial charge in [-0.1, -0.05) is 60.7 Å². The summed E-state index contributed by atoms with van der Waals surface area (Å²) in [7, 11) is 0. The summed E-state index contributed by atoms with van der Waals surface area (Å²) in [5.74, 6) is 0.875. The van der Waals surface area contributed by atoms with Crippen LogP contribution in [0, 0.1) is 0 Å². The van der Waals surface area contributed by atoms with E-state index in [0.717, 1.165) is 29.2 Å². The Morgan fingerprint density at radius 2 is 1.55 bits per heavy atom. The van der Waals surface area contributed by atoms with Crippen LogP contribution in [0.4, 0.5) is 5.69 Å². The van der Waals surface area contributed by atoms with Crippen LogP contribution in [0.5, 0.6) is 5.75 Å². The summed E-state index contributed by atoms with van der Waals surface area (Å²) in [4.78, 5) is 5.93. The number of aryl methyl sites for hydroxylation is 1. The van der Waals surface area contributed by atoms with E-state index in [1.807, 2.05) is 31.2 Å². The summed E-state index contributed by atoms with van der Waals surface area (Å²) in [6.07, 6.45) is 0.966. The maximum atomic E-state index is 5.54. The first-order valence-electron chi connectivity index (χ1n) is 9.89. The Balaban J connectivity index is 1.70. The van der Waals surface area contributed by atoms with E-state index in [0.29, 0.717) is 6.61 Å². The van der Waals surface area contributed by atoms with E-state index in [1.54, 1.807) is 11.3 Å². The second-order valence-electron chi connectivity index (χ2n) is 6.70. The fourth-order valence-corrected chi connectivity index (χ4v) is 4.21. The molecule has 0 N–H and O–H groups in total. The SMILES string of the molecule is CCOc1ccc(N=c2scc(-c3ccccc3)n2CCc2ccccc2)cc1. The molecule has 0 saturated heterocycles. The third kappa shape index (κ3) is 4.84. The lowest BCUT2D eigenvalue weighted by atomic mass is 10.1. The molecule has 1 heterocycles. The third-order valence-electron chi connectivity index (χ3n) is 4.71. The van der Waals surface area contributed by atoms with Gasteiger partial charge in [-0.25, -0.2) is 4.99 Å². The molecule has 3 aromatic carbocycles. The fraction of sp³-hybridized carbons (Fsp3) is 0.160. The Morgan fingerprint density at radius 3 is 2.24 bits per heavy atom. The molecule has 0 spiro atoms. The Hall–Kier alpha value is -3.11. The maximum Gasteiger partial charge on any atom is 0.190 e. The molecule has 4 rings (SSSR count). The molecule has 29 heavy (non-hydrogen) atoms. The van der Waals surface area contributed by atoms with E-state index >= 15 is 0 Å². The molecule has 0 amide bonds. The average Bonchev–Trinajstić information content (AvgIpc) is 3.17. The summed E-state index contributed by atoms with van der Waals surface area (Å²) in [5, 5.41) is 2.20. The predicted octanol–water partition coefficient (Wildman–Crippen LogP) is 6.09. The summed E-state index contributed by atoms with van der Waals surface area (Å²) in [6.45, 7) is 3.54. The average molecular weight is 401 g/mol. The van der Waals surface area contributed by atoms with Crippen molar-refractivity contribution in [1.29, 1.82) is 0 Å². The first kappa shape index (κ1) is 19.2. The zero-order chi connectivity index (χ0) is 19.9. The van der Waals surface area contributed by atoms with Gasteiger partial charge in [0, 0.05) is 11.9 Å². The molecule has 0 aliphatic carbocycles. The lowest BCUT2D eigenvalue weighted by Crippen LogP contribution is -2.17. The van der Waals surface area contributed by atoms with Crippen LogP contribution in [-0.2, 0) is 13.0 Å². The van der Waals surface area contributed by atoms with Crippen molar-refractivity contribution in [3.63, 3.8) is 0 Å². The van der Waals surface area contributed by atoms with Gasteiger partial charge in [0.15, 0.2) is 4.80 Å². The van der Waals surface area contributed by atoms with Crippen LogP contribution in [-0.4, -0.2) is 11.2 Å². The lowest BCUT2D eigenvalue weighted by Gasteiger charge is -2.09. The smallest absolute Gasteiger partial charge is 0.190 e. The minimum atomic E-state index is 0.668. The van der Waals surface area contributed by atoms with Gasteiger partial charge in [0.2, 0.25) is 0 Å².